The Hall–Kier alpha value is -3.28. The van der Waals surface area contributed by atoms with E-state index in [1.807, 2.05) is 0 Å². The first-order valence-corrected chi connectivity index (χ1v) is 7.53. The van der Waals surface area contributed by atoms with Crippen LogP contribution in [0.15, 0.2) is 53.2 Å². The van der Waals surface area contributed by atoms with E-state index in [9.17, 15) is 4.79 Å². The lowest BCUT2D eigenvalue weighted by atomic mass is 10.1. The van der Waals surface area contributed by atoms with Crippen LogP contribution in [-0.2, 0) is 9.53 Å². The standard InChI is InChI=1S/C19H17NO5/c1-22-14-6-4-5-12(9-14)18-20-16(19(21)25-18)11-13-10-15(23-2)7-8-17(13)24-3/h4-11H,1-3H3/b16-11+. The van der Waals surface area contributed by atoms with Crippen LogP contribution in [0.3, 0.4) is 0 Å². The van der Waals surface area contributed by atoms with E-state index in [1.165, 1.54) is 0 Å². The van der Waals surface area contributed by atoms with Gasteiger partial charge in [-0.1, -0.05) is 6.07 Å². The van der Waals surface area contributed by atoms with Crippen molar-refractivity contribution in [3.05, 3.63) is 59.3 Å². The second-order valence-corrected chi connectivity index (χ2v) is 5.18. The van der Waals surface area contributed by atoms with Crippen LogP contribution in [0.25, 0.3) is 6.08 Å². The van der Waals surface area contributed by atoms with Gasteiger partial charge in [-0.3, -0.25) is 0 Å². The van der Waals surface area contributed by atoms with Gasteiger partial charge in [-0.2, -0.15) is 0 Å². The van der Waals surface area contributed by atoms with Gasteiger partial charge in [0.15, 0.2) is 5.70 Å². The molecule has 3 rings (SSSR count). The van der Waals surface area contributed by atoms with Gasteiger partial charge in [0.25, 0.3) is 0 Å². The lowest BCUT2D eigenvalue weighted by Crippen LogP contribution is -2.05. The minimum Gasteiger partial charge on any atom is -0.497 e. The number of benzene rings is 2. The monoisotopic (exact) mass is 339 g/mol. The Kier molecular flexibility index (Phi) is 4.70. The average molecular weight is 339 g/mol. The number of hydrogen-bond donors (Lipinski definition) is 0. The van der Waals surface area contributed by atoms with Crippen molar-refractivity contribution in [3.8, 4) is 17.2 Å². The number of methoxy groups -OCH3 is 3. The Morgan fingerprint density at radius 2 is 1.72 bits per heavy atom. The summed E-state index contributed by atoms with van der Waals surface area (Å²) in [6.07, 6.45) is 1.61. The van der Waals surface area contributed by atoms with Crippen molar-refractivity contribution in [2.45, 2.75) is 0 Å². The molecule has 0 aliphatic carbocycles. The molecule has 0 saturated heterocycles. The second-order valence-electron chi connectivity index (χ2n) is 5.18. The van der Waals surface area contributed by atoms with Gasteiger partial charge in [0.1, 0.15) is 17.2 Å². The zero-order valence-electron chi connectivity index (χ0n) is 14.1. The summed E-state index contributed by atoms with van der Waals surface area (Å²) < 4.78 is 21.0. The van der Waals surface area contributed by atoms with Crippen molar-refractivity contribution >= 4 is 17.9 Å². The van der Waals surface area contributed by atoms with E-state index in [1.54, 1.807) is 69.9 Å². The van der Waals surface area contributed by atoms with Crippen LogP contribution in [0.1, 0.15) is 11.1 Å². The Morgan fingerprint density at radius 3 is 2.44 bits per heavy atom. The molecule has 128 valence electrons. The molecule has 1 aliphatic rings. The molecule has 1 heterocycles. The zero-order valence-corrected chi connectivity index (χ0v) is 14.1. The van der Waals surface area contributed by atoms with Gasteiger partial charge >= 0.3 is 5.97 Å². The molecule has 0 radical (unpaired) electrons. The fourth-order valence-corrected chi connectivity index (χ4v) is 2.39. The molecule has 0 aromatic heterocycles. The first-order chi connectivity index (χ1) is 12.1. The minimum atomic E-state index is -0.525. The number of rotatable bonds is 5. The molecule has 6 heteroatoms. The third-order valence-electron chi connectivity index (χ3n) is 3.67. The van der Waals surface area contributed by atoms with Crippen LogP contribution < -0.4 is 14.2 Å². The molecule has 0 spiro atoms. The van der Waals surface area contributed by atoms with Crippen molar-refractivity contribution in [1.82, 2.24) is 0 Å². The summed E-state index contributed by atoms with van der Waals surface area (Å²) in [7, 11) is 4.70. The quantitative estimate of drug-likeness (QED) is 0.619. The van der Waals surface area contributed by atoms with Gasteiger partial charge in [0, 0.05) is 11.1 Å². The van der Waals surface area contributed by atoms with Gasteiger partial charge in [0.05, 0.1) is 21.3 Å². The van der Waals surface area contributed by atoms with Gasteiger partial charge < -0.3 is 18.9 Å². The molecule has 0 bridgehead atoms. The third kappa shape index (κ3) is 3.47. The summed E-state index contributed by atoms with van der Waals surface area (Å²) >= 11 is 0. The molecule has 0 amide bonds. The van der Waals surface area contributed by atoms with E-state index in [0.717, 1.165) is 0 Å². The Morgan fingerprint density at radius 1 is 0.960 bits per heavy atom. The van der Waals surface area contributed by atoms with E-state index in [2.05, 4.69) is 4.99 Å². The van der Waals surface area contributed by atoms with Crippen molar-refractivity contribution < 1.29 is 23.7 Å². The Balaban J connectivity index is 1.98. The van der Waals surface area contributed by atoms with Crippen molar-refractivity contribution in [2.75, 3.05) is 21.3 Å². The summed E-state index contributed by atoms with van der Waals surface area (Å²) in [6.45, 7) is 0. The molecule has 25 heavy (non-hydrogen) atoms. The molecule has 2 aromatic carbocycles. The average Bonchev–Trinajstić information content (AvgIpc) is 3.02. The number of esters is 1. The van der Waals surface area contributed by atoms with Crippen LogP contribution >= 0.6 is 0 Å². The predicted octanol–water partition coefficient (Wildman–Crippen LogP) is 3.06. The van der Waals surface area contributed by atoms with Gasteiger partial charge in [-0.05, 0) is 42.5 Å². The van der Waals surface area contributed by atoms with E-state index in [4.69, 9.17) is 18.9 Å². The summed E-state index contributed by atoms with van der Waals surface area (Å²) in [5, 5.41) is 0. The maximum Gasteiger partial charge on any atom is 0.363 e. The topological polar surface area (TPSA) is 66.3 Å². The predicted molar refractivity (Wildman–Crippen MR) is 93.1 cm³/mol. The summed E-state index contributed by atoms with van der Waals surface area (Å²) in [4.78, 5) is 16.5. The molecule has 0 N–H and O–H groups in total. The first kappa shape index (κ1) is 16.6. The summed E-state index contributed by atoms with van der Waals surface area (Å²) in [5.41, 5.74) is 1.52. The van der Waals surface area contributed by atoms with Gasteiger partial charge in [-0.25, -0.2) is 9.79 Å². The maximum absolute atomic E-state index is 12.2. The minimum absolute atomic E-state index is 0.185. The Bertz CT molecular complexity index is 870. The SMILES string of the molecule is COc1cccc(C2=N/C(=C/c3cc(OC)ccc3OC)C(=O)O2)c1. The van der Waals surface area contributed by atoms with Crippen LogP contribution in [0, 0.1) is 0 Å². The normalized spacial score (nSPS) is 14.9. The molecule has 1 aliphatic heterocycles. The summed E-state index contributed by atoms with van der Waals surface area (Å²) in [5.74, 6) is 1.62. The van der Waals surface area contributed by atoms with Crippen LogP contribution in [-0.4, -0.2) is 33.2 Å². The molecular formula is C19H17NO5. The molecular weight excluding hydrogens is 322 g/mol. The largest absolute Gasteiger partial charge is 0.497 e. The summed E-state index contributed by atoms with van der Waals surface area (Å²) in [6, 6.07) is 12.5. The highest BCUT2D eigenvalue weighted by Crippen LogP contribution is 2.28. The van der Waals surface area contributed by atoms with E-state index < -0.39 is 5.97 Å². The number of nitrogens with zero attached hydrogens (tertiary/aromatic N) is 1. The molecule has 6 nitrogen and oxygen atoms in total. The van der Waals surface area contributed by atoms with Crippen molar-refractivity contribution in [2.24, 2.45) is 4.99 Å². The fourth-order valence-electron chi connectivity index (χ4n) is 2.39. The number of carbonyl (C=O) groups excluding carboxylic acids is 1. The molecule has 0 fully saturated rings. The molecule has 0 atom stereocenters. The van der Waals surface area contributed by atoms with Gasteiger partial charge in [0.2, 0.25) is 5.90 Å². The molecule has 2 aromatic rings. The number of hydrogen-bond acceptors (Lipinski definition) is 6. The second kappa shape index (κ2) is 7.09. The number of cyclic esters (lactones) is 1. The van der Waals surface area contributed by atoms with Crippen molar-refractivity contribution in [3.63, 3.8) is 0 Å². The molecule has 0 unspecified atom stereocenters. The highest BCUT2D eigenvalue weighted by Gasteiger charge is 2.25. The smallest absolute Gasteiger partial charge is 0.363 e. The zero-order chi connectivity index (χ0) is 17.8. The van der Waals surface area contributed by atoms with E-state index in [0.29, 0.717) is 28.4 Å². The van der Waals surface area contributed by atoms with E-state index in [-0.39, 0.29) is 11.6 Å². The lowest BCUT2D eigenvalue weighted by molar-refractivity contribution is -0.129. The fraction of sp³-hybridized carbons (Fsp3) is 0.158. The Labute approximate surface area is 145 Å². The van der Waals surface area contributed by atoms with Crippen LogP contribution in [0.4, 0.5) is 0 Å². The van der Waals surface area contributed by atoms with Crippen LogP contribution in [0.5, 0.6) is 17.2 Å². The maximum atomic E-state index is 12.2. The third-order valence-corrected chi connectivity index (χ3v) is 3.67. The number of aliphatic imine (C=N–C) groups is 1. The number of ether oxygens (including phenoxy) is 4. The van der Waals surface area contributed by atoms with Crippen molar-refractivity contribution in [1.29, 1.82) is 0 Å². The molecule has 0 saturated carbocycles. The van der Waals surface area contributed by atoms with E-state index >= 15 is 0 Å². The highest BCUT2D eigenvalue weighted by molar-refractivity contribution is 6.13. The first-order valence-electron chi connectivity index (χ1n) is 7.53. The number of carbonyl (C=O) groups is 1. The lowest BCUT2D eigenvalue weighted by Gasteiger charge is -2.07. The van der Waals surface area contributed by atoms with Gasteiger partial charge in [-0.15, -0.1) is 0 Å². The highest BCUT2D eigenvalue weighted by atomic mass is 16.6. The van der Waals surface area contributed by atoms with Crippen LogP contribution in [0.2, 0.25) is 0 Å².